The number of hydrogen-bond acceptors (Lipinski definition) is 9. The number of aromatic nitrogens is 1. The van der Waals surface area contributed by atoms with E-state index in [0.29, 0.717) is 19.4 Å². The SMILES string of the molecule is COc1cccc(C[C@H]2COC[C@H](NC(=O)c3nccc(OC)c3O)C(=O)O[C@@H](C)[C@@H]2Cc2cccc(OC)c2)c1. The molecule has 0 bridgehead atoms. The quantitative estimate of drug-likeness (QED) is 0.375. The molecule has 3 aromatic rings. The highest BCUT2D eigenvalue weighted by atomic mass is 16.6. The monoisotopic (exact) mass is 564 g/mol. The molecule has 0 radical (unpaired) electrons. The molecule has 10 heteroatoms. The summed E-state index contributed by atoms with van der Waals surface area (Å²) in [5.41, 5.74) is 1.84. The second-order valence-electron chi connectivity index (χ2n) is 9.95. The van der Waals surface area contributed by atoms with Crippen LogP contribution in [0.15, 0.2) is 60.8 Å². The fourth-order valence-electron chi connectivity index (χ4n) is 5.08. The molecule has 0 unspecified atom stereocenters. The minimum absolute atomic E-state index is 0.0327. The highest BCUT2D eigenvalue weighted by Gasteiger charge is 2.35. The first-order valence-corrected chi connectivity index (χ1v) is 13.4. The molecule has 4 atom stereocenters. The molecular formula is C31H36N2O8. The lowest BCUT2D eigenvalue weighted by Gasteiger charge is -2.31. The van der Waals surface area contributed by atoms with Crippen LogP contribution in [0.4, 0.5) is 0 Å². The third kappa shape index (κ3) is 7.46. The van der Waals surface area contributed by atoms with Crippen LogP contribution in [-0.2, 0) is 27.1 Å². The number of aromatic hydroxyl groups is 1. The van der Waals surface area contributed by atoms with Gasteiger partial charge in [0.2, 0.25) is 0 Å². The number of amides is 1. The fourth-order valence-corrected chi connectivity index (χ4v) is 5.08. The molecule has 1 aromatic heterocycles. The Morgan fingerprint density at radius 2 is 1.63 bits per heavy atom. The molecule has 2 heterocycles. The molecule has 0 aliphatic carbocycles. The van der Waals surface area contributed by atoms with Gasteiger partial charge in [-0.3, -0.25) is 4.79 Å². The van der Waals surface area contributed by atoms with Crippen LogP contribution in [0.25, 0.3) is 0 Å². The minimum atomic E-state index is -1.11. The van der Waals surface area contributed by atoms with E-state index in [0.717, 1.165) is 22.6 Å². The molecular weight excluding hydrogens is 528 g/mol. The predicted molar refractivity (Wildman–Crippen MR) is 150 cm³/mol. The standard InChI is InChI=1S/C31H36N2O8/c1-19-25(16-21-8-6-10-24(15-21)38-3)22(13-20-7-5-9-23(14-20)37-2)17-40-18-26(31(36)41-19)33-30(35)28-29(34)27(39-4)11-12-32-28/h5-12,14-15,19,22,25-26,34H,13,16-18H2,1-4H3,(H,33,35)/t19-,22-,25-,26-/m0/s1. The van der Waals surface area contributed by atoms with Gasteiger partial charge in [0.1, 0.15) is 17.6 Å². The first-order chi connectivity index (χ1) is 19.8. The molecule has 1 fully saturated rings. The van der Waals surface area contributed by atoms with Crippen LogP contribution in [-0.4, -0.2) is 68.7 Å². The number of rotatable bonds is 9. The summed E-state index contributed by atoms with van der Waals surface area (Å²) in [7, 11) is 4.62. The van der Waals surface area contributed by atoms with Gasteiger partial charge in [0.15, 0.2) is 23.2 Å². The van der Waals surface area contributed by atoms with Crippen LogP contribution in [0.5, 0.6) is 23.0 Å². The topological polar surface area (TPSA) is 125 Å². The lowest BCUT2D eigenvalue weighted by Crippen LogP contribution is -2.46. The third-order valence-electron chi connectivity index (χ3n) is 7.28. The predicted octanol–water partition coefficient (Wildman–Crippen LogP) is 3.59. The number of esters is 1. The van der Waals surface area contributed by atoms with Gasteiger partial charge in [-0.25, -0.2) is 9.78 Å². The maximum absolute atomic E-state index is 13.3. The van der Waals surface area contributed by atoms with Gasteiger partial charge >= 0.3 is 5.97 Å². The average molecular weight is 565 g/mol. The van der Waals surface area contributed by atoms with Crippen LogP contribution in [0.3, 0.4) is 0 Å². The van der Waals surface area contributed by atoms with Crippen LogP contribution in [0.2, 0.25) is 0 Å². The van der Waals surface area contributed by atoms with E-state index >= 15 is 0 Å². The number of carbonyl (C=O) groups is 2. The van der Waals surface area contributed by atoms with Crippen molar-refractivity contribution < 1.29 is 38.4 Å². The van der Waals surface area contributed by atoms with Crippen LogP contribution < -0.4 is 19.5 Å². The number of cyclic esters (lactones) is 1. The lowest BCUT2D eigenvalue weighted by atomic mass is 9.80. The van der Waals surface area contributed by atoms with Crippen molar-refractivity contribution in [2.75, 3.05) is 34.5 Å². The van der Waals surface area contributed by atoms with Gasteiger partial charge in [0.05, 0.1) is 34.5 Å². The third-order valence-corrected chi connectivity index (χ3v) is 7.28. The van der Waals surface area contributed by atoms with Crippen molar-refractivity contribution in [3.05, 3.63) is 77.6 Å². The molecule has 1 saturated heterocycles. The Hall–Kier alpha value is -4.31. The average Bonchev–Trinajstić information content (AvgIpc) is 3.03. The Bertz CT molecular complexity index is 1350. The maximum atomic E-state index is 13.3. The first kappa shape index (κ1) is 29.7. The number of nitrogens with one attached hydrogen (secondary N) is 1. The summed E-state index contributed by atoms with van der Waals surface area (Å²) in [5, 5.41) is 13.0. The van der Waals surface area contributed by atoms with E-state index in [1.54, 1.807) is 14.2 Å². The fraction of sp³-hybridized carbons (Fsp3) is 0.387. The Labute approximate surface area is 239 Å². The van der Waals surface area contributed by atoms with Gasteiger partial charge < -0.3 is 34.1 Å². The van der Waals surface area contributed by atoms with Crippen molar-refractivity contribution in [3.63, 3.8) is 0 Å². The van der Waals surface area contributed by atoms with E-state index in [-0.39, 0.29) is 29.9 Å². The highest BCUT2D eigenvalue weighted by Crippen LogP contribution is 2.31. The van der Waals surface area contributed by atoms with E-state index in [2.05, 4.69) is 10.3 Å². The van der Waals surface area contributed by atoms with Crippen LogP contribution in [0.1, 0.15) is 28.5 Å². The molecule has 1 aliphatic heterocycles. The van der Waals surface area contributed by atoms with Crippen molar-refractivity contribution in [3.8, 4) is 23.0 Å². The van der Waals surface area contributed by atoms with Gasteiger partial charge in [-0.1, -0.05) is 24.3 Å². The summed E-state index contributed by atoms with van der Waals surface area (Å²) in [5.74, 6) is -0.362. The second kappa shape index (κ2) is 13.8. The molecule has 0 spiro atoms. The Morgan fingerprint density at radius 1 is 0.976 bits per heavy atom. The normalized spacial score (nSPS) is 21.0. The summed E-state index contributed by atoms with van der Waals surface area (Å²) >= 11 is 0. The number of nitrogens with zero attached hydrogens (tertiary/aromatic N) is 1. The summed E-state index contributed by atoms with van der Waals surface area (Å²) in [6.07, 6.45) is 2.10. The summed E-state index contributed by atoms with van der Waals surface area (Å²) < 4.78 is 27.9. The Kier molecular flexibility index (Phi) is 10.0. The van der Waals surface area contributed by atoms with Crippen molar-refractivity contribution in [1.82, 2.24) is 10.3 Å². The summed E-state index contributed by atoms with van der Waals surface area (Å²) in [6.45, 7) is 2.07. The smallest absolute Gasteiger partial charge is 0.331 e. The maximum Gasteiger partial charge on any atom is 0.331 e. The number of pyridine rings is 1. The number of hydrogen-bond donors (Lipinski definition) is 2. The van der Waals surface area contributed by atoms with Crippen molar-refractivity contribution in [1.29, 1.82) is 0 Å². The molecule has 10 nitrogen and oxygen atoms in total. The second-order valence-corrected chi connectivity index (χ2v) is 9.95. The highest BCUT2D eigenvalue weighted by molar-refractivity contribution is 5.98. The van der Waals surface area contributed by atoms with E-state index < -0.39 is 29.8 Å². The molecule has 0 saturated carbocycles. The molecule has 41 heavy (non-hydrogen) atoms. The Morgan fingerprint density at radius 3 is 2.27 bits per heavy atom. The zero-order valence-electron chi connectivity index (χ0n) is 23.7. The van der Waals surface area contributed by atoms with Gasteiger partial charge in [0.25, 0.3) is 5.91 Å². The number of benzene rings is 2. The number of ether oxygens (including phenoxy) is 5. The van der Waals surface area contributed by atoms with Gasteiger partial charge in [0, 0.05) is 18.2 Å². The molecule has 1 aliphatic rings. The zero-order valence-corrected chi connectivity index (χ0v) is 23.7. The molecule has 4 rings (SSSR count). The van der Waals surface area contributed by atoms with Crippen molar-refractivity contribution in [2.45, 2.75) is 31.9 Å². The van der Waals surface area contributed by atoms with E-state index in [9.17, 15) is 14.7 Å². The molecule has 2 aromatic carbocycles. The van der Waals surface area contributed by atoms with Gasteiger partial charge in [-0.15, -0.1) is 0 Å². The van der Waals surface area contributed by atoms with Crippen LogP contribution >= 0.6 is 0 Å². The molecule has 1 amide bonds. The number of methoxy groups -OCH3 is 3. The zero-order chi connectivity index (χ0) is 29.4. The van der Waals surface area contributed by atoms with E-state index in [1.165, 1.54) is 19.4 Å². The van der Waals surface area contributed by atoms with Crippen molar-refractivity contribution in [2.24, 2.45) is 11.8 Å². The van der Waals surface area contributed by atoms with E-state index in [4.69, 9.17) is 23.7 Å². The number of carbonyl (C=O) groups excluding carboxylic acids is 2. The largest absolute Gasteiger partial charge is 0.503 e. The summed E-state index contributed by atoms with van der Waals surface area (Å²) in [4.78, 5) is 30.2. The molecule has 218 valence electrons. The lowest BCUT2D eigenvalue weighted by molar-refractivity contribution is -0.153. The minimum Gasteiger partial charge on any atom is -0.503 e. The first-order valence-electron chi connectivity index (χ1n) is 13.4. The van der Waals surface area contributed by atoms with E-state index in [1.807, 2.05) is 55.5 Å². The van der Waals surface area contributed by atoms with Gasteiger partial charge in [-0.2, -0.15) is 0 Å². The van der Waals surface area contributed by atoms with Crippen molar-refractivity contribution >= 4 is 11.9 Å². The van der Waals surface area contributed by atoms with Crippen LogP contribution in [0, 0.1) is 11.8 Å². The summed E-state index contributed by atoms with van der Waals surface area (Å²) in [6, 6.07) is 16.0. The Balaban J connectivity index is 1.58. The molecule has 2 N–H and O–H groups in total. The van der Waals surface area contributed by atoms with Gasteiger partial charge in [-0.05, 0) is 61.1 Å².